The minimum absolute atomic E-state index is 0.0380. The number of amides is 1. The van der Waals surface area contributed by atoms with E-state index in [-0.39, 0.29) is 18.1 Å². The predicted octanol–water partition coefficient (Wildman–Crippen LogP) is 4.86. The summed E-state index contributed by atoms with van der Waals surface area (Å²) in [5.41, 5.74) is 3.94. The lowest BCUT2D eigenvalue weighted by Gasteiger charge is -2.21. The third-order valence-electron chi connectivity index (χ3n) is 5.91. The third kappa shape index (κ3) is 5.53. The van der Waals surface area contributed by atoms with Crippen LogP contribution in [-0.4, -0.2) is 24.7 Å². The van der Waals surface area contributed by atoms with Gasteiger partial charge in [0.1, 0.15) is 17.6 Å². The number of aryl methyl sites for hydroxylation is 1. The fraction of sp³-hybridized carbons (Fsp3) is 0.480. The van der Waals surface area contributed by atoms with Crippen LogP contribution in [0.25, 0.3) is 0 Å². The molecule has 1 fully saturated rings. The molecular weight excluding hydrogens is 362 g/mol. The van der Waals surface area contributed by atoms with Gasteiger partial charge in [0.15, 0.2) is 0 Å². The lowest BCUT2D eigenvalue weighted by Crippen LogP contribution is -2.32. The monoisotopic (exact) mass is 393 g/mol. The highest BCUT2D eigenvalue weighted by Gasteiger charge is 2.29. The van der Waals surface area contributed by atoms with Gasteiger partial charge in [0.05, 0.1) is 12.6 Å². The Morgan fingerprint density at radius 2 is 2.00 bits per heavy atom. The molecule has 154 valence electrons. The molecule has 0 bridgehead atoms. The van der Waals surface area contributed by atoms with E-state index in [0.29, 0.717) is 0 Å². The summed E-state index contributed by atoms with van der Waals surface area (Å²) in [6, 6.07) is 8.45. The highest BCUT2D eigenvalue weighted by atomic mass is 16.5. The number of nitrogens with one attached hydrogen (secondary N) is 1. The first kappa shape index (κ1) is 19.8. The maximum absolute atomic E-state index is 11.3. The molecule has 0 aromatic heterocycles. The van der Waals surface area contributed by atoms with Gasteiger partial charge in [-0.2, -0.15) is 0 Å². The molecule has 3 aliphatic rings. The largest absolute Gasteiger partial charge is 0.494 e. The van der Waals surface area contributed by atoms with E-state index in [4.69, 9.17) is 9.47 Å². The van der Waals surface area contributed by atoms with Crippen molar-refractivity contribution >= 4 is 5.91 Å². The molecule has 0 spiro atoms. The zero-order chi connectivity index (χ0) is 20.2. The van der Waals surface area contributed by atoms with Crippen LogP contribution >= 0.6 is 0 Å². The lowest BCUT2D eigenvalue weighted by molar-refractivity contribution is -0.119. The molecule has 2 aliphatic carbocycles. The first-order valence-electron chi connectivity index (χ1n) is 10.8. The van der Waals surface area contributed by atoms with Crippen LogP contribution in [-0.2, 0) is 16.0 Å². The zero-order valence-corrected chi connectivity index (χ0v) is 17.4. The summed E-state index contributed by atoms with van der Waals surface area (Å²) in [6.45, 7) is 4.33. The van der Waals surface area contributed by atoms with Crippen molar-refractivity contribution in [3.63, 3.8) is 0 Å². The number of benzene rings is 1. The van der Waals surface area contributed by atoms with Crippen LogP contribution in [0.2, 0.25) is 0 Å². The number of ether oxygens (including phenoxy) is 2. The quantitative estimate of drug-likeness (QED) is 0.652. The molecule has 29 heavy (non-hydrogen) atoms. The van der Waals surface area contributed by atoms with E-state index in [0.717, 1.165) is 43.3 Å². The van der Waals surface area contributed by atoms with Crippen molar-refractivity contribution in [1.82, 2.24) is 5.32 Å². The van der Waals surface area contributed by atoms with Crippen molar-refractivity contribution in [2.24, 2.45) is 5.92 Å². The van der Waals surface area contributed by atoms with Gasteiger partial charge in [0.2, 0.25) is 5.91 Å². The SMILES string of the molecule is CC(=O)NC(C)C1=CC2=CC=C(CCc3ccc(OCCC4CC4)cc3)CC2O1. The van der Waals surface area contributed by atoms with Gasteiger partial charge in [-0.3, -0.25) is 4.79 Å². The number of fused-ring (bicyclic) bond motifs is 1. The van der Waals surface area contributed by atoms with Gasteiger partial charge in [-0.15, -0.1) is 0 Å². The maximum atomic E-state index is 11.3. The molecule has 1 N–H and O–H groups in total. The summed E-state index contributed by atoms with van der Waals surface area (Å²) < 4.78 is 11.9. The molecule has 1 heterocycles. The second-order valence-corrected chi connectivity index (χ2v) is 8.50. The highest BCUT2D eigenvalue weighted by molar-refractivity contribution is 5.73. The van der Waals surface area contributed by atoms with Gasteiger partial charge in [-0.25, -0.2) is 0 Å². The molecule has 0 saturated heterocycles. The molecule has 2 unspecified atom stereocenters. The maximum Gasteiger partial charge on any atom is 0.217 e. The molecule has 1 aliphatic heterocycles. The number of hydrogen-bond acceptors (Lipinski definition) is 3. The highest BCUT2D eigenvalue weighted by Crippen LogP contribution is 2.34. The number of rotatable bonds is 9. The first-order chi connectivity index (χ1) is 14.1. The van der Waals surface area contributed by atoms with Crippen LogP contribution in [0.15, 0.2) is 59.4 Å². The fourth-order valence-corrected chi connectivity index (χ4v) is 3.95. The molecule has 1 amide bonds. The van der Waals surface area contributed by atoms with Crippen molar-refractivity contribution in [2.45, 2.75) is 64.5 Å². The number of carbonyl (C=O) groups is 1. The average Bonchev–Trinajstić information content (AvgIpc) is 3.42. The van der Waals surface area contributed by atoms with Crippen molar-refractivity contribution < 1.29 is 14.3 Å². The summed E-state index contributed by atoms with van der Waals surface area (Å²) in [5, 5.41) is 2.89. The van der Waals surface area contributed by atoms with Crippen LogP contribution < -0.4 is 10.1 Å². The standard InChI is InChI=1S/C25H31NO3/c1-17(26-18(2)27)24-16-22-10-7-21(15-25(22)29-24)6-5-19-8-11-23(12-9-19)28-14-13-20-3-4-20/h7-12,16-17,20,25H,3-6,13-15H2,1-2H3,(H,26,27). The van der Waals surface area contributed by atoms with Crippen LogP contribution in [0.3, 0.4) is 0 Å². The summed E-state index contributed by atoms with van der Waals surface area (Å²) in [5.74, 6) is 2.70. The summed E-state index contributed by atoms with van der Waals surface area (Å²) in [6.07, 6.45) is 13.5. The van der Waals surface area contributed by atoms with Crippen molar-refractivity contribution in [2.75, 3.05) is 6.61 Å². The zero-order valence-electron chi connectivity index (χ0n) is 17.4. The Kier molecular flexibility index (Phi) is 6.08. The Balaban J connectivity index is 1.25. The van der Waals surface area contributed by atoms with E-state index in [1.807, 2.05) is 6.92 Å². The molecule has 0 radical (unpaired) electrons. The molecule has 4 nitrogen and oxygen atoms in total. The van der Waals surface area contributed by atoms with E-state index in [1.54, 1.807) is 0 Å². The smallest absolute Gasteiger partial charge is 0.217 e. The van der Waals surface area contributed by atoms with Gasteiger partial charge in [0.25, 0.3) is 0 Å². The topological polar surface area (TPSA) is 47.6 Å². The Labute approximate surface area is 173 Å². The molecule has 1 aromatic carbocycles. The Bertz CT molecular complexity index is 830. The Hall–Kier alpha value is -2.49. The second-order valence-electron chi connectivity index (χ2n) is 8.50. The fourth-order valence-electron chi connectivity index (χ4n) is 3.95. The molecule has 2 atom stereocenters. The predicted molar refractivity (Wildman–Crippen MR) is 115 cm³/mol. The van der Waals surface area contributed by atoms with Crippen molar-refractivity contribution in [3.8, 4) is 5.75 Å². The summed E-state index contributed by atoms with van der Waals surface area (Å²) >= 11 is 0. The van der Waals surface area contributed by atoms with Gasteiger partial charge in [-0.05, 0) is 61.4 Å². The summed E-state index contributed by atoms with van der Waals surface area (Å²) in [7, 11) is 0. The average molecular weight is 394 g/mol. The van der Waals surface area contributed by atoms with Gasteiger partial charge >= 0.3 is 0 Å². The number of hydrogen-bond donors (Lipinski definition) is 1. The molecular formula is C25H31NO3. The number of allylic oxidation sites excluding steroid dienone is 2. The van der Waals surface area contributed by atoms with E-state index in [9.17, 15) is 4.79 Å². The van der Waals surface area contributed by atoms with Crippen molar-refractivity contribution in [1.29, 1.82) is 0 Å². The number of carbonyl (C=O) groups excluding carboxylic acids is 1. The van der Waals surface area contributed by atoms with Crippen LogP contribution in [0.4, 0.5) is 0 Å². The minimum Gasteiger partial charge on any atom is -0.494 e. The van der Waals surface area contributed by atoms with Crippen LogP contribution in [0, 0.1) is 5.92 Å². The normalized spacial score (nSPS) is 21.3. The van der Waals surface area contributed by atoms with Crippen LogP contribution in [0.1, 0.15) is 51.5 Å². The van der Waals surface area contributed by atoms with Gasteiger partial charge < -0.3 is 14.8 Å². The molecule has 4 heteroatoms. The van der Waals surface area contributed by atoms with Gasteiger partial charge in [0, 0.05) is 13.3 Å². The first-order valence-corrected chi connectivity index (χ1v) is 10.8. The lowest BCUT2D eigenvalue weighted by atomic mass is 9.92. The molecule has 4 rings (SSSR count). The van der Waals surface area contributed by atoms with E-state index in [2.05, 4.69) is 47.8 Å². The van der Waals surface area contributed by atoms with E-state index in [1.165, 1.54) is 42.9 Å². The summed E-state index contributed by atoms with van der Waals surface area (Å²) in [4.78, 5) is 11.3. The van der Waals surface area contributed by atoms with Crippen LogP contribution in [0.5, 0.6) is 5.75 Å². The third-order valence-corrected chi connectivity index (χ3v) is 5.91. The minimum atomic E-state index is -0.0903. The Morgan fingerprint density at radius 1 is 1.21 bits per heavy atom. The van der Waals surface area contributed by atoms with Gasteiger partial charge in [-0.1, -0.05) is 42.7 Å². The Morgan fingerprint density at radius 3 is 2.72 bits per heavy atom. The second kappa shape index (κ2) is 8.89. The van der Waals surface area contributed by atoms with E-state index >= 15 is 0 Å². The molecule has 1 aromatic rings. The van der Waals surface area contributed by atoms with E-state index < -0.39 is 0 Å². The molecule has 1 saturated carbocycles. The van der Waals surface area contributed by atoms with Crippen molar-refractivity contribution in [3.05, 3.63) is 65.0 Å².